The van der Waals surface area contributed by atoms with Gasteiger partial charge >= 0.3 is 0 Å². The summed E-state index contributed by atoms with van der Waals surface area (Å²) in [5.41, 5.74) is 4.60. The van der Waals surface area contributed by atoms with Gasteiger partial charge in [0.2, 0.25) is 0 Å². The number of rotatable bonds is 8. The summed E-state index contributed by atoms with van der Waals surface area (Å²) >= 11 is 0. The summed E-state index contributed by atoms with van der Waals surface area (Å²) < 4.78 is 15.9. The van der Waals surface area contributed by atoms with Gasteiger partial charge in [0.1, 0.15) is 11.4 Å². The molecule has 0 saturated heterocycles. The van der Waals surface area contributed by atoms with Crippen molar-refractivity contribution in [2.45, 2.75) is 51.9 Å². The molecule has 33 heavy (non-hydrogen) atoms. The average molecular weight is 445 g/mol. The Morgan fingerprint density at radius 2 is 1.94 bits per heavy atom. The predicted octanol–water partition coefficient (Wildman–Crippen LogP) is 4.85. The van der Waals surface area contributed by atoms with Gasteiger partial charge in [0.15, 0.2) is 5.78 Å². The Hall–Kier alpha value is -3.45. The molecule has 0 N–H and O–H groups in total. The normalized spacial score (nSPS) is 14.1. The first-order valence-corrected chi connectivity index (χ1v) is 11.2. The molecule has 0 bridgehead atoms. The summed E-state index contributed by atoms with van der Waals surface area (Å²) in [4.78, 5) is 16.4. The second-order valence-corrected chi connectivity index (χ2v) is 9.13. The molecule has 0 radical (unpaired) electrons. The smallest absolute Gasteiger partial charge is 0.161 e. The van der Waals surface area contributed by atoms with Crippen molar-refractivity contribution in [1.82, 2.24) is 19.3 Å². The fraction of sp³-hybridized carbons (Fsp3) is 0.346. The van der Waals surface area contributed by atoms with Crippen LogP contribution in [0.15, 0.2) is 54.9 Å². The molecule has 2 aromatic heterocycles. The number of carbonyl (C=O) groups is 1. The number of imidazole rings is 1. The molecule has 1 aliphatic carbocycles. The molecule has 0 amide bonds. The van der Waals surface area contributed by atoms with Crippen molar-refractivity contribution in [3.8, 4) is 22.7 Å². The predicted molar refractivity (Wildman–Crippen MR) is 126 cm³/mol. The third kappa shape index (κ3) is 4.28. The van der Waals surface area contributed by atoms with Crippen LogP contribution in [-0.2, 0) is 23.2 Å². The highest BCUT2D eigenvalue weighted by Gasteiger charge is 2.26. The lowest BCUT2D eigenvalue weighted by Crippen LogP contribution is -2.32. The summed E-state index contributed by atoms with van der Waals surface area (Å²) in [6, 6.07) is 16.1. The maximum atomic E-state index is 11.9. The van der Waals surface area contributed by atoms with E-state index < -0.39 is 5.60 Å². The Kier molecular flexibility index (Phi) is 5.29. The largest absolute Gasteiger partial charge is 0.490 e. The molecule has 0 spiro atoms. The highest BCUT2D eigenvalue weighted by Crippen LogP contribution is 2.33. The maximum Gasteiger partial charge on any atom is 0.161 e. The number of nitrogens with zero attached hydrogens (tertiary/aromatic N) is 4. The number of hydrogen-bond donors (Lipinski definition) is 0. The van der Waals surface area contributed by atoms with E-state index in [-0.39, 0.29) is 12.4 Å². The van der Waals surface area contributed by atoms with Crippen molar-refractivity contribution in [2.24, 2.45) is 7.05 Å². The van der Waals surface area contributed by atoms with Crippen LogP contribution >= 0.6 is 0 Å². The number of hydrogen-bond acceptors (Lipinski definition) is 5. The monoisotopic (exact) mass is 444 g/mol. The summed E-state index contributed by atoms with van der Waals surface area (Å²) in [5, 5.41) is 4.89. The van der Waals surface area contributed by atoms with Gasteiger partial charge in [0, 0.05) is 12.6 Å². The Balaban J connectivity index is 1.60. The molecular weight excluding hydrogens is 416 g/mol. The molecule has 0 atom stereocenters. The molecule has 170 valence electrons. The number of para-hydroxylation sites is 1. The fourth-order valence-electron chi connectivity index (χ4n) is 3.72. The first-order chi connectivity index (χ1) is 15.8. The summed E-state index contributed by atoms with van der Waals surface area (Å²) in [6.07, 6.45) is 4.35. The minimum absolute atomic E-state index is 0.0215. The van der Waals surface area contributed by atoms with E-state index >= 15 is 0 Å². The number of aryl methyl sites for hydroxylation is 1. The van der Waals surface area contributed by atoms with Gasteiger partial charge < -0.3 is 14.0 Å². The van der Waals surface area contributed by atoms with Crippen LogP contribution in [0.4, 0.5) is 0 Å². The third-order valence-corrected chi connectivity index (χ3v) is 6.09. The van der Waals surface area contributed by atoms with Gasteiger partial charge in [0.05, 0.1) is 47.1 Å². The van der Waals surface area contributed by atoms with Crippen molar-refractivity contribution >= 4 is 16.8 Å². The van der Waals surface area contributed by atoms with E-state index in [4.69, 9.17) is 14.6 Å². The van der Waals surface area contributed by atoms with E-state index in [2.05, 4.69) is 17.1 Å². The lowest BCUT2D eigenvalue weighted by atomic mass is 10.1. The van der Waals surface area contributed by atoms with Crippen LogP contribution in [0.25, 0.3) is 28.0 Å². The van der Waals surface area contributed by atoms with Gasteiger partial charge in [-0.15, -0.1) is 0 Å². The van der Waals surface area contributed by atoms with Crippen LogP contribution in [-0.4, -0.2) is 36.8 Å². The maximum absolute atomic E-state index is 11.9. The van der Waals surface area contributed by atoms with Crippen molar-refractivity contribution < 1.29 is 14.3 Å². The van der Waals surface area contributed by atoms with Gasteiger partial charge in [0.25, 0.3) is 0 Å². The Morgan fingerprint density at radius 3 is 2.70 bits per heavy atom. The molecule has 4 aromatic rings. The standard InChI is InChI=1S/C26H28N4O3/c1-17(31)26(2,3)32-15-19-14-24(18-7-5-8-21(13-18)33-20-11-12-20)30(28-19)23-10-6-9-22-25(23)29(4)16-27-22/h5-10,13-14,16,20H,11-12,15H2,1-4H3. The van der Waals surface area contributed by atoms with Crippen LogP contribution in [0.2, 0.25) is 0 Å². The van der Waals surface area contributed by atoms with Crippen LogP contribution in [0.5, 0.6) is 5.75 Å². The summed E-state index contributed by atoms with van der Waals surface area (Å²) in [5.74, 6) is 0.837. The van der Waals surface area contributed by atoms with Gasteiger partial charge in [-0.2, -0.15) is 5.10 Å². The molecule has 1 aliphatic rings. The van der Waals surface area contributed by atoms with E-state index in [0.717, 1.165) is 52.3 Å². The van der Waals surface area contributed by atoms with Crippen LogP contribution < -0.4 is 4.74 Å². The summed E-state index contributed by atoms with van der Waals surface area (Å²) in [6.45, 7) is 5.33. The zero-order valence-electron chi connectivity index (χ0n) is 19.4. The Bertz CT molecular complexity index is 1330. The quantitative estimate of drug-likeness (QED) is 0.388. The zero-order chi connectivity index (χ0) is 23.2. The lowest BCUT2D eigenvalue weighted by Gasteiger charge is -2.21. The average Bonchev–Trinajstić information content (AvgIpc) is 3.37. The molecule has 5 rings (SSSR count). The highest BCUT2D eigenvalue weighted by atomic mass is 16.5. The van der Waals surface area contributed by atoms with Crippen LogP contribution in [0.1, 0.15) is 39.3 Å². The van der Waals surface area contributed by atoms with E-state index in [1.54, 1.807) is 27.1 Å². The SMILES string of the molecule is CC(=O)C(C)(C)OCc1cc(-c2cccc(OC3CC3)c2)n(-c2cccc3ncn(C)c23)n1. The number of carbonyl (C=O) groups excluding carboxylic acids is 1. The molecule has 2 heterocycles. The molecule has 2 aromatic carbocycles. The number of ether oxygens (including phenoxy) is 2. The highest BCUT2D eigenvalue weighted by molar-refractivity contribution is 5.85. The number of benzene rings is 2. The van der Waals surface area contributed by atoms with E-state index in [1.807, 2.05) is 52.7 Å². The topological polar surface area (TPSA) is 71.2 Å². The molecule has 1 saturated carbocycles. The van der Waals surface area contributed by atoms with E-state index in [1.165, 1.54) is 0 Å². The molecular formula is C26H28N4O3. The second-order valence-electron chi connectivity index (χ2n) is 9.13. The molecule has 7 nitrogen and oxygen atoms in total. The van der Waals surface area contributed by atoms with Crippen molar-refractivity contribution in [3.05, 3.63) is 60.6 Å². The van der Waals surface area contributed by atoms with E-state index in [0.29, 0.717) is 6.10 Å². The third-order valence-electron chi connectivity index (χ3n) is 6.09. The van der Waals surface area contributed by atoms with E-state index in [9.17, 15) is 4.79 Å². The van der Waals surface area contributed by atoms with Gasteiger partial charge in [-0.1, -0.05) is 18.2 Å². The first kappa shape index (κ1) is 21.4. The van der Waals surface area contributed by atoms with Crippen molar-refractivity contribution in [1.29, 1.82) is 0 Å². The van der Waals surface area contributed by atoms with Crippen molar-refractivity contribution in [2.75, 3.05) is 0 Å². The van der Waals surface area contributed by atoms with Crippen LogP contribution in [0.3, 0.4) is 0 Å². The lowest BCUT2D eigenvalue weighted by molar-refractivity contribution is -0.139. The number of ketones is 1. The minimum atomic E-state index is -0.871. The zero-order valence-corrected chi connectivity index (χ0v) is 19.4. The number of Topliss-reactive ketones (excluding diaryl/α,β-unsaturated/α-hetero) is 1. The molecule has 0 aliphatic heterocycles. The minimum Gasteiger partial charge on any atom is -0.490 e. The Labute approximate surface area is 193 Å². The molecule has 1 fully saturated rings. The molecule has 7 heteroatoms. The van der Waals surface area contributed by atoms with Crippen molar-refractivity contribution in [3.63, 3.8) is 0 Å². The van der Waals surface area contributed by atoms with Gasteiger partial charge in [-0.05, 0) is 63.9 Å². The Morgan fingerprint density at radius 1 is 1.15 bits per heavy atom. The second kappa shape index (κ2) is 8.15. The van der Waals surface area contributed by atoms with Gasteiger partial charge in [-0.25, -0.2) is 9.67 Å². The first-order valence-electron chi connectivity index (χ1n) is 11.2. The molecule has 0 unspecified atom stereocenters. The van der Waals surface area contributed by atoms with Gasteiger partial charge in [-0.3, -0.25) is 4.79 Å². The summed E-state index contributed by atoms with van der Waals surface area (Å²) in [7, 11) is 1.98. The van der Waals surface area contributed by atoms with Crippen LogP contribution in [0, 0.1) is 0 Å². The number of fused-ring (bicyclic) bond motifs is 1. The number of aromatic nitrogens is 4. The fourth-order valence-corrected chi connectivity index (χ4v) is 3.72.